The number of benzene rings is 14. The van der Waals surface area contributed by atoms with Crippen LogP contribution >= 0.6 is 0 Å². The van der Waals surface area contributed by atoms with Gasteiger partial charge in [0.1, 0.15) is 0 Å². The molecule has 0 heterocycles. The van der Waals surface area contributed by atoms with Gasteiger partial charge in [0.2, 0.25) is 0 Å². The Kier molecular flexibility index (Phi) is 7.49. The normalized spacial score (nSPS) is 12.1. The van der Waals surface area contributed by atoms with Crippen LogP contribution in [0.4, 0.5) is 0 Å². The van der Waals surface area contributed by atoms with E-state index >= 15 is 0 Å². The summed E-state index contributed by atoms with van der Waals surface area (Å²) >= 11 is 0. The summed E-state index contributed by atoms with van der Waals surface area (Å²) in [5.41, 5.74) is 12.3. The van der Waals surface area contributed by atoms with Gasteiger partial charge in [-0.05, 0) is 160 Å². The van der Waals surface area contributed by atoms with E-state index in [0.29, 0.717) is 0 Å². The lowest BCUT2D eigenvalue weighted by atomic mass is 9.83. The second-order valence-corrected chi connectivity index (χ2v) is 17.5. The van der Waals surface area contributed by atoms with Gasteiger partial charge in [-0.2, -0.15) is 0 Å². The predicted octanol–water partition coefficient (Wildman–Crippen LogP) is 18.1. The van der Waals surface area contributed by atoms with Crippen molar-refractivity contribution in [3.8, 4) is 55.6 Å². The Balaban J connectivity index is 1.01. The van der Waals surface area contributed by atoms with E-state index in [2.05, 4.69) is 231 Å². The van der Waals surface area contributed by atoms with Crippen LogP contribution in [-0.4, -0.2) is 0 Å². The maximum Gasteiger partial charge on any atom is -0.00206 e. The van der Waals surface area contributed by atoms with Crippen LogP contribution < -0.4 is 0 Å². The van der Waals surface area contributed by atoms with Gasteiger partial charge in [0, 0.05) is 0 Å². The first-order valence-corrected chi connectivity index (χ1v) is 22.3. The molecule has 0 amide bonds. The highest BCUT2D eigenvalue weighted by molar-refractivity contribution is 6.27. The Hall–Kier alpha value is -8.32. The Bertz CT molecular complexity index is 4140. The molecule has 0 bridgehead atoms. The van der Waals surface area contributed by atoms with Gasteiger partial charge in [-0.3, -0.25) is 0 Å². The van der Waals surface area contributed by atoms with Gasteiger partial charge in [0.15, 0.2) is 0 Å². The molecule has 0 aliphatic rings. The van der Waals surface area contributed by atoms with Crippen molar-refractivity contribution in [3.05, 3.63) is 231 Å². The third kappa shape index (κ3) is 5.17. The first-order chi connectivity index (χ1) is 31.7. The third-order valence-corrected chi connectivity index (χ3v) is 14.1. The highest BCUT2D eigenvalue weighted by Gasteiger charge is 2.20. The molecule has 0 aliphatic heterocycles. The molecule has 0 saturated carbocycles. The number of fused-ring (bicyclic) bond motifs is 2. The molecule has 14 aromatic carbocycles. The molecule has 0 atom stereocenters. The highest BCUT2D eigenvalue weighted by Crippen LogP contribution is 2.48. The molecule has 14 aromatic rings. The van der Waals surface area contributed by atoms with E-state index in [1.807, 2.05) is 0 Å². The molecule has 14 rings (SSSR count). The standard InChI is InChI=1S/C64H38/c1-2-10-39(11-3-1)46-30-35-57-58(38-46)62(50-19-9-17-48(37-50)52-32-27-45-25-23-41-13-7-15-43-29-34-56(52)64(45)60(41)43)54-21-5-4-20-53(54)61(57)49-18-8-16-47(36-49)51-31-26-44-24-22-40-12-6-14-42-28-33-55(51)63(44)59(40)42/h1-38H. The van der Waals surface area contributed by atoms with E-state index in [0.717, 1.165) is 0 Å². The monoisotopic (exact) mass is 806 g/mol. The van der Waals surface area contributed by atoms with E-state index < -0.39 is 0 Å². The number of rotatable bonds is 5. The molecule has 0 aliphatic carbocycles. The Labute approximate surface area is 370 Å². The van der Waals surface area contributed by atoms with E-state index in [1.165, 1.54) is 142 Å². The van der Waals surface area contributed by atoms with Crippen molar-refractivity contribution in [1.29, 1.82) is 0 Å². The second kappa shape index (κ2) is 13.6. The molecule has 294 valence electrons. The van der Waals surface area contributed by atoms with Crippen molar-refractivity contribution in [3.63, 3.8) is 0 Å². The summed E-state index contributed by atoms with van der Waals surface area (Å²) in [6.07, 6.45) is 0. The fourth-order valence-electron chi connectivity index (χ4n) is 11.3. The zero-order valence-electron chi connectivity index (χ0n) is 34.9. The fourth-order valence-corrected chi connectivity index (χ4v) is 11.3. The summed E-state index contributed by atoms with van der Waals surface area (Å²) in [5, 5.41) is 20.7. The molecule has 0 nitrogen and oxygen atoms in total. The minimum absolute atomic E-state index is 1.21. The quantitative estimate of drug-likeness (QED) is 0.120. The third-order valence-electron chi connectivity index (χ3n) is 14.1. The van der Waals surface area contributed by atoms with Crippen LogP contribution in [0.2, 0.25) is 0 Å². The molecule has 0 saturated heterocycles. The average Bonchev–Trinajstić information content (AvgIpc) is 3.36. The molecule has 0 spiro atoms. The largest absolute Gasteiger partial charge is 0.0622 e. The molecule has 64 heavy (non-hydrogen) atoms. The highest BCUT2D eigenvalue weighted by atomic mass is 14.2. The van der Waals surface area contributed by atoms with E-state index in [9.17, 15) is 0 Å². The Morgan fingerprint density at radius 3 is 1.08 bits per heavy atom. The zero-order chi connectivity index (χ0) is 41.9. The minimum atomic E-state index is 1.21. The van der Waals surface area contributed by atoms with Crippen molar-refractivity contribution in [2.75, 3.05) is 0 Å². The number of hydrogen-bond acceptors (Lipinski definition) is 0. The number of hydrogen-bond donors (Lipinski definition) is 0. The lowest BCUT2D eigenvalue weighted by Crippen LogP contribution is -1.93. The van der Waals surface area contributed by atoms with Gasteiger partial charge in [-0.15, -0.1) is 0 Å². The predicted molar refractivity (Wildman–Crippen MR) is 276 cm³/mol. The first kappa shape index (κ1) is 35.3. The molecule has 0 fully saturated rings. The lowest BCUT2D eigenvalue weighted by Gasteiger charge is -2.20. The maximum atomic E-state index is 2.43. The van der Waals surface area contributed by atoms with Crippen LogP contribution in [0.1, 0.15) is 0 Å². The molecular formula is C64H38. The zero-order valence-corrected chi connectivity index (χ0v) is 34.9. The van der Waals surface area contributed by atoms with Crippen LogP contribution in [0.5, 0.6) is 0 Å². The molecule has 0 unspecified atom stereocenters. The lowest BCUT2D eigenvalue weighted by molar-refractivity contribution is 1.62. The van der Waals surface area contributed by atoms with E-state index in [1.54, 1.807) is 0 Å². The van der Waals surface area contributed by atoms with Gasteiger partial charge in [0.05, 0.1) is 0 Å². The Morgan fingerprint density at radius 1 is 0.172 bits per heavy atom. The first-order valence-electron chi connectivity index (χ1n) is 22.3. The van der Waals surface area contributed by atoms with Crippen molar-refractivity contribution in [2.45, 2.75) is 0 Å². The summed E-state index contributed by atoms with van der Waals surface area (Å²) in [5.74, 6) is 0. The van der Waals surface area contributed by atoms with Gasteiger partial charge in [0.25, 0.3) is 0 Å². The van der Waals surface area contributed by atoms with Gasteiger partial charge in [-0.25, -0.2) is 0 Å². The summed E-state index contributed by atoms with van der Waals surface area (Å²) in [7, 11) is 0. The summed E-state index contributed by atoms with van der Waals surface area (Å²) < 4.78 is 0. The van der Waals surface area contributed by atoms with Crippen LogP contribution in [0.15, 0.2) is 231 Å². The van der Waals surface area contributed by atoms with Crippen molar-refractivity contribution < 1.29 is 0 Å². The smallest absolute Gasteiger partial charge is 0.00206 e. The van der Waals surface area contributed by atoms with Crippen molar-refractivity contribution >= 4 is 86.2 Å². The minimum Gasteiger partial charge on any atom is -0.0622 e. The van der Waals surface area contributed by atoms with Crippen molar-refractivity contribution in [2.24, 2.45) is 0 Å². The van der Waals surface area contributed by atoms with Gasteiger partial charge < -0.3 is 0 Å². The molecule has 0 radical (unpaired) electrons. The van der Waals surface area contributed by atoms with Crippen LogP contribution in [0.25, 0.3) is 142 Å². The molecule has 0 N–H and O–H groups in total. The van der Waals surface area contributed by atoms with Crippen LogP contribution in [0, 0.1) is 0 Å². The average molecular weight is 807 g/mol. The topological polar surface area (TPSA) is 0 Å². The molecule has 0 heteroatoms. The summed E-state index contributed by atoms with van der Waals surface area (Å²) in [6, 6.07) is 86.4. The van der Waals surface area contributed by atoms with Crippen LogP contribution in [-0.2, 0) is 0 Å². The van der Waals surface area contributed by atoms with E-state index in [-0.39, 0.29) is 0 Å². The molecular weight excluding hydrogens is 769 g/mol. The fraction of sp³-hybridized carbons (Fsp3) is 0. The van der Waals surface area contributed by atoms with Gasteiger partial charge in [-0.1, -0.05) is 212 Å². The summed E-state index contributed by atoms with van der Waals surface area (Å²) in [6.45, 7) is 0. The van der Waals surface area contributed by atoms with E-state index in [4.69, 9.17) is 0 Å². The second-order valence-electron chi connectivity index (χ2n) is 17.5. The Morgan fingerprint density at radius 2 is 0.547 bits per heavy atom. The van der Waals surface area contributed by atoms with Gasteiger partial charge >= 0.3 is 0 Å². The van der Waals surface area contributed by atoms with Crippen LogP contribution in [0.3, 0.4) is 0 Å². The van der Waals surface area contributed by atoms with Crippen molar-refractivity contribution in [1.82, 2.24) is 0 Å². The maximum absolute atomic E-state index is 2.43. The SMILES string of the molecule is c1ccc(-c2ccc3c(-c4cccc(-c5ccc6ccc7cccc8ccc5c6c78)c4)c4ccccc4c(-c4cccc(-c5ccc6ccc7cccc8ccc5c6c78)c4)c3c2)cc1. The molecule has 0 aromatic heterocycles. The summed E-state index contributed by atoms with van der Waals surface area (Å²) in [4.78, 5) is 0.